The molecule has 2 rings (SSSR count). The lowest BCUT2D eigenvalue weighted by Gasteiger charge is -2.12. The second kappa shape index (κ2) is 7.46. The zero-order valence-corrected chi connectivity index (χ0v) is 13.8. The van der Waals surface area contributed by atoms with Gasteiger partial charge in [-0.15, -0.1) is 11.8 Å². The Labute approximate surface area is 135 Å². The molecule has 0 amide bonds. The van der Waals surface area contributed by atoms with Gasteiger partial charge in [0.25, 0.3) is 0 Å². The van der Waals surface area contributed by atoms with Crippen LogP contribution in [0.2, 0.25) is 5.02 Å². The van der Waals surface area contributed by atoms with E-state index in [-0.39, 0.29) is 11.9 Å². The number of hydrogen-bond acceptors (Lipinski definition) is 2. The third kappa shape index (κ3) is 4.77. The van der Waals surface area contributed by atoms with Gasteiger partial charge in [0.1, 0.15) is 5.82 Å². The van der Waals surface area contributed by atoms with Crippen LogP contribution in [0.5, 0.6) is 0 Å². The molecule has 0 saturated carbocycles. The first kappa shape index (κ1) is 15.8. The lowest BCUT2D eigenvalue weighted by Crippen LogP contribution is -2.25. The Morgan fingerprint density at radius 3 is 2.75 bits per heavy atom. The average Bonchev–Trinajstić information content (AvgIpc) is 2.40. The van der Waals surface area contributed by atoms with Crippen molar-refractivity contribution < 1.29 is 4.39 Å². The molecule has 2 aromatic rings. The third-order valence-electron chi connectivity index (χ3n) is 2.76. The normalized spacial score (nSPS) is 12.4. The van der Waals surface area contributed by atoms with Crippen molar-refractivity contribution in [2.75, 3.05) is 5.75 Å². The zero-order chi connectivity index (χ0) is 14.5. The molecule has 0 spiro atoms. The number of rotatable bonds is 5. The van der Waals surface area contributed by atoms with Gasteiger partial charge >= 0.3 is 0 Å². The van der Waals surface area contributed by atoms with Gasteiger partial charge < -0.3 is 5.73 Å². The lowest BCUT2D eigenvalue weighted by atomic mass is 10.1. The summed E-state index contributed by atoms with van der Waals surface area (Å²) in [6.45, 7) is 0. The van der Waals surface area contributed by atoms with E-state index in [1.54, 1.807) is 17.8 Å². The van der Waals surface area contributed by atoms with Crippen molar-refractivity contribution in [2.24, 2.45) is 5.73 Å². The van der Waals surface area contributed by atoms with Crippen LogP contribution in [0.25, 0.3) is 0 Å². The third-order valence-corrected chi connectivity index (χ3v) is 4.91. The monoisotopic (exact) mass is 373 g/mol. The number of halogens is 3. The van der Waals surface area contributed by atoms with E-state index < -0.39 is 0 Å². The van der Waals surface area contributed by atoms with Crippen molar-refractivity contribution in [3.63, 3.8) is 0 Å². The number of thioether (sulfide) groups is 1. The summed E-state index contributed by atoms with van der Waals surface area (Å²) in [5.41, 5.74) is 7.15. The topological polar surface area (TPSA) is 26.0 Å². The van der Waals surface area contributed by atoms with Crippen LogP contribution >= 0.6 is 39.3 Å². The summed E-state index contributed by atoms with van der Waals surface area (Å²) in [5.74, 6) is 0.534. The molecule has 0 heterocycles. The maximum atomic E-state index is 13.0. The Kier molecular flexibility index (Phi) is 5.90. The molecule has 1 atom stereocenters. The SMILES string of the molecule is NC(CSc1cccc(Cl)c1)Cc1ccc(F)cc1Br. The van der Waals surface area contributed by atoms with E-state index in [9.17, 15) is 4.39 Å². The second-order valence-electron chi connectivity index (χ2n) is 4.47. The summed E-state index contributed by atoms with van der Waals surface area (Å²) < 4.78 is 13.8. The molecule has 0 aliphatic rings. The molecule has 0 fully saturated rings. The molecule has 0 radical (unpaired) electrons. The molecular weight excluding hydrogens is 361 g/mol. The van der Waals surface area contributed by atoms with Crippen LogP contribution in [0.3, 0.4) is 0 Å². The molecule has 0 bridgehead atoms. The minimum atomic E-state index is -0.248. The molecule has 2 aromatic carbocycles. The van der Waals surface area contributed by atoms with Crippen LogP contribution in [0.1, 0.15) is 5.56 Å². The molecule has 0 aromatic heterocycles. The number of nitrogens with two attached hydrogens (primary N) is 1. The lowest BCUT2D eigenvalue weighted by molar-refractivity contribution is 0.625. The van der Waals surface area contributed by atoms with Crippen LogP contribution < -0.4 is 5.73 Å². The van der Waals surface area contributed by atoms with Crippen LogP contribution in [0, 0.1) is 5.82 Å². The zero-order valence-electron chi connectivity index (χ0n) is 10.7. The highest BCUT2D eigenvalue weighted by Gasteiger charge is 2.09. The van der Waals surface area contributed by atoms with Gasteiger partial charge in [0.2, 0.25) is 0 Å². The van der Waals surface area contributed by atoms with Gasteiger partial charge in [-0.25, -0.2) is 4.39 Å². The minimum absolute atomic E-state index is 0.000688. The molecule has 0 aliphatic carbocycles. The predicted molar refractivity (Wildman–Crippen MR) is 88.0 cm³/mol. The summed E-state index contributed by atoms with van der Waals surface area (Å²) in [6, 6.07) is 12.4. The Morgan fingerprint density at radius 2 is 2.05 bits per heavy atom. The highest BCUT2D eigenvalue weighted by Crippen LogP contribution is 2.24. The van der Waals surface area contributed by atoms with Crippen LogP contribution in [-0.2, 0) is 6.42 Å². The second-order valence-corrected chi connectivity index (χ2v) is 6.85. The summed E-state index contributed by atoms with van der Waals surface area (Å²) in [5, 5.41) is 0.727. The van der Waals surface area contributed by atoms with Crippen molar-refractivity contribution in [1.82, 2.24) is 0 Å². The first-order valence-electron chi connectivity index (χ1n) is 6.12. The molecule has 20 heavy (non-hydrogen) atoms. The van der Waals surface area contributed by atoms with E-state index in [0.717, 1.165) is 25.7 Å². The molecular formula is C15H14BrClFNS. The fourth-order valence-corrected chi connectivity index (χ4v) is 3.47. The van der Waals surface area contributed by atoms with Crippen molar-refractivity contribution >= 4 is 39.3 Å². The quantitative estimate of drug-likeness (QED) is 0.753. The summed E-state index contributed by atoms with van der Waals surface area (Å²) in [4.78, 5) is 1.10. The van der Waals surface area contributed by atoms with Crippen LogP contribution in [-0.4, -0.2) is 11.8 Å². The van der Waals surface area contributed by atoms with Gasteiger partial charge in [0.05, 0.1) is 0 Å². The molecule has 0 saturated heterocycles. The highest BCUT2D eigenvalue weighted by atomic mass is 79.9. The van der Waals surface area contributed by atoms with Crippen molar-refractivity contribution in [1.29, 1.82) is 0 Å². The Balaban J connectivity index is 1.90. The van der Waals surface area contributed by atoms with Gasteiger partial charge in [0, 0.05) is 26.2 Å². The molecule has 0 aliphatic heterocycles. The Morgan fingerprint density at radius 1 is 1.25 bits per heavy atom. The van der Waals surface area contributed by atoms with Crippen LogP contribution in [0.15, 0.2) is 51.8 Å². The number of benzene rings is 2. The van der Waals surface area contributed by atoms with E-state index in [4.69, 9.17) is 17.3 Å². The van der Waals surface area contributed by atoms with E-state index in [2.05, 4.69) is 15.9 Å². The summed E-state index contributed by atoms with van der Waals surface area (Å²) in [7, 11) is 0. The van der Waals surface area contributed by atoms with Gasteiger partial charge in [-0.3, -0.25) is 0 Å². The maximum absolute atomic E-state index is 13.0. The number of hydrogen-bond donors (Lipinski definition) is 1. The smallest absolute Gasteiger partial charge is 0.124 e. The molecule has 1 nitrogen and oxygen atoms in total. The minimum Gasteiger partial charge on any atom is -0.327 e. The van der Waals surface area contributed by atoms with Gasteiger partial charge in [0.15, 0.2) is 0 Å². The largest absolute Gasteiger partial charge is 0.327 e. The fraction of sp³-hybridized carbons (Fsp3) is 0.200. The molecule has 106 valence electrons. The molecule has 5 heteroatoms. The van der Waals surface area contributed by atoms with Gasteiger partial charge in [-0.05, 0) is 42.3 Å². The predicted octanol–water partition coefficient (Wildman–Crippen LogP) is 4.90. The van der Waals surface area contributed by atoms with Crippen molar-refractivity contribution in [2.45, 2.75) is 17.4 Å². The van der Waals surface area contributed by atoms with Crippen LogP contribution in [0.4, 0.5) is 4.39 Å². The first-order chi connectivity index (χ1) is 9.54. The highest BCUT2D eigenvalue weighted by molar-refractivity contribution is 9.10. The van der Waals surface area contributed by atoms with Crippen molar-refractivity contribution in [3.05, 3.63) is 63.3 Å². The van der Waals surface area contributed by atoms with E-state index in [1.165, 1.54) is 12.1 Å². The van der Waals surface area contributed by atoms with E-state index in [1.807, 2.05) is 24.3 Å². The summed E-state index contributed by atoms with van der Waals surface area (Å²) >= 11 is 11.0. The maximum Gasteiger partial charge on any atom is 0.124 e. The van der Waals surface area contributed by atoms with E-state index >= 15 is 0 Å². The molecule has 1 unspecified atom stereocenters. The average molecular weight is 375 g/mol. The van der Waals surface area contributed by atoms with Gasteiger partial charge in [-0.1, -0.05) is 39.7 Å². The molecule has 2 N–H and O–H groups in total. The first-order valence-corrected chi connectivity index (χ1v) is 8.28. The van der Waals surface area contributed by atoms with E-state index in [0.29, 0.717) is 6.42 Å². The standard InChI is InChI=1S/C15H14BrClFNS/c16-15-8-12(18)5-4-10(15)6-13(19)9-20-14-3-1-2-11(17)7-14/h1-5,7-8,13H,6,9,19H2. The van der Waals surface area contributed by atoms with Crippen molar-refractivity contribution in [3.8, 4) is 0 Å². The Bertz CT molecular complexity index is 594. The summed E-state index contributed by atoms with van der Waals surface area (Å²) in [6.07, 6.45) is 0.703. The fourth-order valence-electron chi connectivity index (χ4n) is 1.79. The Hall–Kier alpha value is -0.550. The van der Waals surface area contributed by atoms with Gasteiger partial charge in [-0.2, -0.15) is 0 Å².